The van der Waals surface area contributed by atoms with Gasteiger partial charge in [0.05, 0.1) is 16.4 Å². The first-order chi connectivity index (χ1) is 30.2. The highest BCUT2D eigenvalue weighted by atomic mass is 16.3. The van der Waals surface area contributed by atoms with Crippen LogP contribution in [0.2, 0.25) is 0 Å². The van der Waals surface area contributed by atoms with Crippen LogP contribution < -0.4 is 0 Å². The lowest BCUT2D eigenvalue weighted by Crippen LogP contribution is -2.30. The second-order valence-corrected chi connectivity index (χ2v) is 16.3. The average molecular weight is 777 g/mol. The fourth-order valence-electron chi connectivity index (χ4n) is 10.8. The molecule has 0 N–H and O–H groups in total. The molecule has 0 amide bonds. The molecule has 3 heterocycles. The molecule has 5 heteroatoms. The first kappa shape index (κ1) is 32.8. The highest BCUT2D eigenvalue weighted by Gasteiger charge is 2.49. The molecule has 2 aliphatic rings. The van der Waals surface area contributed by atoms with Crippen LogP contribution in [0.5, 0.6) is 0 Å². The Morgan fingerprint density at radius 3 is 1.61 bits per heavy atom. The quantitative estimate of drug-likeness (QED) is 0.179. The molecule has 1 spiro atoms. The zero-order valence-electron chi connectivity index (χ0n) is 32.7. The second-order valence-electron chi connectivity index (χ2n) is 16.3. The summed E-state index contributed by atoms with van der Waals surface area (Å²) in [5.74, 6) is 1.88. The van der Waals surface area contributed by atoms with Gasteiger partial charge in [-0.3, -0.25) is 0 Å². The van der Waals surface area contributed by atoms with Gasteiger partial charge in [0.1, 0.15) is 11.2 Å². The molecule has 0 saturated carbocycles. The first-order valence-corrected chi connectivity index (χ1v) is 20.8. The molecule has 12 aromatic rings. The van der Waals surface area contributed by atoms with E-state index in [-0.39, 0.29) is 0 Å². The first-order valence-electron chi connectivity index (χ1n) is 20.8. The van der Waals surface area contributed by atoms with Crippen LogP contribution in [0.3, 0.4) is 0 Å². The zero-order chi connectivity index (χ0) is 39.8. The van der Waals surface area contributed by atoms with Crippen molar-refractivity contribution in [3.63, 3.8) is 0 Å². The Kier molecular flexibility index (Phi) is 6.43. The summed E-state index contributed by atoms with van der Waals surface area (Å²) in [6, 6.07) is 69.6. The van der Waals surface area contributed by atoms with Crippen molar-refractivity contribution in [2.45, 2.75) is 5.41 Å². The molecule has 2 aliphatic carbocycles. The molecule has 5 nitrogen and oxygen atoms in total. The summed E-state index contributed by atoms with van der Waals surface area (Å²) < 4.78 is 8.99. The van der Waals surface area contributed by atoms with Crippen LogP contribution in [0.25, 0.3) is 105 Å². The normalized spacial score (nSPS) is 13.4. The van der Waals surface area contributed by atoms with E-state index in [0.29, 0.717) is 17.5 Å². The van der Waals surface area contributed by atoms with Crippen molar-refractivity contribution in [2.75, 3.05) is 0 Å². The number of hydrogen-bond donors (Lipinski definition) is 0. The lowest BCUT2D eigenvalue weighted by molar-refractivity contribution is 0.669. The van der Waals surface area contributed by atoms with E-state index < -0.39 is 5.41 Å². The van der Waals surface area contributed by atoms with E-state index in [0.717, 1.165) is 44.3 Å². The van der Waals surface area contributed by atoms with Gasteiger partial charge in [0.2, 0.25) is 0 Å². The fraction of sp³-hybridized carbons (Fsp3) is 0.0179. The van der Waals surface area contributed by atoms with Crippen molar-refractivity contribution in [1.29, 1.82) is 0 Å². The van der Waals surface area contributed by atoms with Gasteiger partial charge in [-0.15, -0.1) is 0 Å². The highest BCUT2D eigenvalue weighted by Crippen LogP contribution is 2.62. The number of benzene rings is 9. The lowest BCUT2D eigenvalue weighted by Gasteiger charge is -2.37. The van der Waals surface area contributed by atoms with E-state index in [1.54, 1.807) is 0 Å². The Morgan fingerprint density at radius 1 is 0.377 bits per heavy atom. The molecule has 0 fully saturated rings. The molecule has 3 aromatic heterocycles. The number of furan rings is 1. The van der Waals surface area contributed by atoms with Gasteiger partial charge in [0.15, 0.2) is 17.5 Å². The molecule has 0 aliphatic heterocycles. The summed E-state index contributed by atoms with van der Waals surface area (Å²) in [4.78, 5) is 15.0. The van der Waals surface area contributed by atoms with Crippen LogP contribution >= 0.6 is 0 Å². The second kappa shape index (κ2) is 12.0. The lowest BCUT2D eigenvalue weighted by atomic mass is 9.63. The topological polar surface area (TPSA) is 56.7 Å². The van der Waals surface area contributed by atoms with Gasteiger partial charge in [-0.1, -0.05) is 146 Å². The standard InChI is InChI=1S/C56H32N4O/c1-3-13-34(14-4-1)53-57-54(35-15-5-2-6-16-35)59-55(58-53)36-26-29-48-40(31-36)41-32-37(27-30-49(41)61-48)60-46-24-12-23-45-51(46)52-47(60)28-25-33-17-11-22-44(50(33)52)56(45)42-20-9-7-18-38(42)39-19-8-10-21-43(39)56/h1-32H. The number of rotatable bonds is 4. The Balaban J connectivity index is 1.00. The van der Waals surface area contributed by atoms with E-state index in [1.165, 1.54) is 66.0 Å². The maximum atomic E-state index is 6.53. The predicted octanol–water partition coefficient (Wildman–Crippen LogP) is 13.7. The average Bonchev–Trinajstić information content (AvgIpc) is 3.97. The van der Waals surface area contributed by atoms with E-state index in [9.17, 15) is 0 Å². The van der Waals surface area contributed by atoms with Gasteiger partial charge >= 0.3 is 0 Å². The third-order valence-corrected chi connectivity index (χ3v) is 13.2. The molecular formula is C56H32N4O. The molecule has 282 valence electrons. The van der Waals surface area contributed by atoms with Crippen molar-refractivity contribution >= 4 is 54.5 Å². The number of aromatic nitrogens is 4. The predicted molar refractivity (Wildman–Crippen MR) is 246 cm³/mol. The summed E-state index contributed by atoms with van der Waals surface area (Å²) in [5.41, 5.74) is 15.4. The van der Waals surface area contributed by atoms with Crippen LogP contribution in [0.15, 0.2) is 199 Å². The molecule has 0 atom stereocenters. The fourth-order valence-corrected chi connectivity index (χ4v) is 10.8. The van der Waals surface area contributed by atoms with E-state index in [1.807, 2.05) is 72.8 Å². The van der Waals surface area contributed by atoms with Crippen molar-refractivity contribution in [2.24, 2.45) is 0 Å². The van der Waals surface area contributed by atoms with Crippen LogP contribution in [0, 0.1) is 0 Å². The van der Waals surface area contributed by atoms with E-state index in [2.05, 4.69) is 126 Å². The minimum Gasteiger partial charge on any atom is -0.456 e. The third kappa shape index (κ3) is 4.31. The largest absolute Gasteiger partial charge is 0.456 e. The minimum atomic E-state index is -0.448. The molecule has 0 saturated heterocycles. The van der Waals surface area contributed by atoms with Crippen LogP contribution in [-0.4, -0.2) is 19.5 Å². The Morgan fingerprint density at radius 2 is 0.918 bits per heavy atom. The third-order valence-electron chi connectivity index (χ3n) is 13.2. The summed E-state index contributed by atoms with van der Waals surface area (Å²) in [5, 5.41) is 7.25. The molecule has 61 heavy (non-hydrogen) atoms. The summed E-state index contributed by atoms with van der Waals surface area (Å²) in [6.07, 6.45) is 0. The maximum absolute atomic E-state index is 6.53. The maximum Gasteiger partial charge on any atom is 0.164 e. The Bertz CT molecular complexity index is 3720. The number of fused-ring (bicyclic) bond motifs is 10. The van der Waals surface area contributed by atoms with Gasteiger partial charge in [0, 0.05) is 43.9 Å². The minimum absolute atomic E-state index is 0.448. The van der Waals surface area contributed by atoms with Gasteiger partial charge in [-0.2, -0.15) is 0 Å². The van der Waals surface area contributed by atoms with Crippen LogP contribution in [-0.2, 0) is 5.41 Å². The SMILES string of the molecule is c1ccc(-c2nc(-c3ccccc3)nc(-c3ccc4oc5ccc(-n6c7cccc8c7c7c9c(cccc9ccc76)C86c7ccccc7-c7ccccc76)cc5c4c3)n2)cc1. The summed E-state index contributed by atoms with van der Waals surface area (Å²) in [6.45, 7) is 0. The molecule has 14 rings (SSSR count). The molecule has 0 bridgehead atoms. The van der Waals surface area contributed by atoms with Gasteiger partial charge < -0.3 is 8.98 Å². The van der Waals surface area contributed by atoms with Crippen molar-refractivity contribution in [1.82, 2.24) is 19.5 Å². The molecule has 9 aromatic carbocycles. The summed E-state index contributed by atoms with van der Waals surface area (Å²) in [7, 11) is 0. The molecule has 0 unspecified atom stereocenters. The number of hydrogen-bond acceptors (Lipinski definition) is 4. The van der Waals surface area contributed by atoms with Crippen molar-refractivity contribution in [3.8, 4) is 51.0 Å². The monoisotopic (exact) mass is 776 g/mol. The van der Waals surface area contributed by atoms with Crippen molar-refractivity contribution < 1.29 is 4.42 Å². The Labute approximate surface area is 349 Å². The van der Waals surface area contributed by atoms with Crippen LogP contribution in [0.1, 0.15) is 22.3 Å². The smallest absolute Gasteiger partial charge is 0.164 e. The van der Waals surface area contributed by atoms with Gasteiger partial charge in [-0.05, 0) is 92.7 Å². The summed E-state index contributed by atoms with van der Waals surface area (Å²) >= 11 is 0. The van der Waals surface area contributed by atoms with Crippen molar-refractivity contribution in [3.05, 3.63) is 216 Å². The van der Waals surface area contributed by atoms with E-state index >= 15 is 0 Å². The van der Waals surface area contributed by atoms with Gasteiger partial charge in [0.25, 0.3) is 0 Å². The molecule has 0 radical (unpaired) electrons. The van der Waals surface area contributed by atoms with E-state index in [4.69, 9.17) is 19.4 Å². The highest BCUT2D eigenvalue weighted by molar-refractivity contribution is 6.26. The van der Waals surface area contributed by atoms with Crippen LogP contribution in [0.4, 0.5) is 0 Å². The Hall–Kier alpha value is -8.15. The van der Waals surface area contributed by atoms with Gasteiger partial charge in [-0.25, -0.2) is 15.0 Å². The number of nitrogens with zero attached hydrogens (tertiary/aromatic N) is 4. The zero-order valence-corrected chi connectivity index (χ0v) is 32.7. The molecular weight excluding hydrogens is 745 g/mol.